The van der Waals surface area contributed by atoms with Gasteiger partial charge in [0.15, 0.2) is 0 Å². The van der Waals surface area contributed by atoms with Crippen molar-refractivity contribution in [1.82, 2.24) is 0 Å². The molecule has 0 radical (unpaired) electrons. The first kappa shape index (κ1) is 15.8. The maximum atomic E-state index is 11.7. The van der Waals surface area contributed by atoms with Crippen LogP contribution in [-0.4, -0.2) is 25.0 Å². The highest BCUT2D eigenvalue weighted by molar-refractivity contribution is 5.96. The molecule has 6 nitrogen and oxygen atoms in total. The number of carbonyl (C=O) groups excluding carboxylic acids is 2. The number of amides is 1. The molecule has 0 aliphatic rings. The van der Waals surface area contributed by atoms with Gasteiger partial charge in [-0.3, -0.25) is 4.79 Å². The molecule has 0 aliphatic carbocycles. The van der Waals surface area contributed by atoms with Gasteiger partial charge in [-0.25, -0.2) is 4.79 Å². The van der Waals surface area contributed by atoms with Gasteiger partial charge in [-0.2, -0.15) is 0 Å². The van der Waals surface area contributed by atoms with E-state index >= 15 is 0 Å². The van der Waals surface area contributed by atoms with Crippen molar-refractivity contribution in [3.05, 3.63) is 23.8 Å². The van der Waals surface area contributed by atoms with Gasteiger partial charge in [-0.1, -0.05) is 0 Å². The molecule has 0 aromatic heterocycles. The first-order valence-corrected chi connectivity index (χ1v) is 6.63. The van der Waals surface area contributed by atoms with Gasteiger partial charge in [0, 0.05) is 24.3 Å². The monoisotopic (exact) mass is 279 g/mol. The SMILES string of the molecule is CCOC(=O)c1cc(NCCCCC(N)=O)ccc1N. The fraction of sp³-hybridized carbons (Fsp3) is 0.429. The molecule has 5 N–H and O–H groups in total. The Balaban J connectivity index is 2.52. The number of nitrogen functional groups attached to an aromatic ring is 1. The second kappa shape index (κ2) is 8.04. The Labute approximate surface area is 118 Å². The number of carbonyl (C=O) groups is 2. The summed E-state index contributed by atoms with van der Waals surface area (Å²) in [5.74, 6) is -0.718. The summed E-state index contributed by atoms with van der Waals surface area (Å²) in [6.07, 6.45) is 1.95. The second-order valence-corrected chi connectivity index (χ2v) is 4.37. The molecule has 0 bridgehead atoms. The van der Waals surface area contributed by atoms with E-state index in [-0.39, 0.29) is 5.91 Å². The molecule has 0 saturated heterocycles. The molecule has 0 saturated carbocycles. The van der Waals surface area contributed by atoms with Crippen molar-refractivity contribution in [2.24, 2.45) is 5.73 Å². The van der Waals surface area contributed by atoms with Gasteiger partial charge in [0.1, 0.15) is 0 Å². The topological polar surface area (TPSA) is 107 Å². The Morgan fingerprint density at radius 1 is 1.30 bits per heavy atom. The molecule has 0 aliphatic heterocycles. The summed E-state index contributed by atoms with van der Waals surface area (Å²) < 4.78 is 4.94. The Morgan fingerprint density at radius 3 is 2.70 bits per heavy atom. The van der Waals surface area contributed by atoms with Crippen LogP contribution in [0.3, 0.4) is 0 Å². The van der Waals surface area contributed by atoms with Crippen LogP contribution in [0.15, 0.2) is 18.2 Å². The zero-order valence-corrected chi connectivity index (χ0v) is 11.6. The second-order valence-electron chi connectivity index (χ2n) is 4.37. The van der Waals surface area contributed by atoms with Gasteiger partial charge in [0.25, 0.3) is 0 Å². The summed E-state index contributed by atoms with van der Waals surface area (Å²) in [7, 11) is 0. The van der Waals surface area contributed by atoms with E-state index in [1.165, 1.54) is 0 Å². The lowest BCUT2D eigenvalue weighted by Gasteiger charge is -2.10. The Kier molecular flexibility index (Phi) is 6.36. The Bertz CT molecular complexity index is 475. The molecule has 0 fully saturated rings. The van der Waals surface area contributed by atoms with E-state index in [9.17, 15) is 9.59 Å². The van der Waals surface area contributed by atoms with Gasteiger partial charge >= 0.3 is 5.97 Å². The minimum Gasteiger partial charge on any atom is -0.462 e. The van der Waals surface area contributed by atoms with Gasteiger partial charge in [0.2, 0.25) is 5.91 Å². The predicted octanol–water partition coefficient (Wildman–Crippen LogP) is 1.51. The molecular weight excluding hydrogens is 258 g/mol. The van der Waals surface area contributed by atoms with Crippen LogP contribution in [0.1, 0.15) is 36.5 Å². The molecule has 0 unspecified atom stereocenters. The standard InChI is InChI=1S/C14H21N3O3/c1-2-20-14(19)11-9-10(6-7-12(11)15)17-8-4-3-5-13(16)18/h6-7,9,17H,2-5,8,15H2,1H3,(H2,16,18). The minimum absolute atomic E-state index is 0.290. The fourth-order valence-electron chi connectivity index (χ4n) is 1.71. The molecule has 0 heterocycles. The van der Waals surface area contributed by atoms with E-state index in [0.717, 1.165) is 18.5 Å². The van der Waals surface area contributed by atoms with Crippen LogP contribution in [0.25, 0.3) is 0 Å². The quantitative estimate of drug-likeness (QED) is 0.380. The molecule has 1 rings (SSSR count). The smallest absolute Gasteiger partial charge is 0.340 e. The number of hydrogen-bond acceptors (Lipinski definition) is 5. The maximum Gasteiger partial charge on any atom is 0.340 e. The Hall–Kier alpha value is -2.24. The largest absolute Gasteiger partial charge is 0.462 e. The average molecular weight is 279 g/mol. The third-order valence-corrected chi connectivity index (χ3v) is 2.73. The number of unbranched alkanes of at least 4 members (excludes halogenated alkanes) is 1. The summed E-state index contributed by atoms with van der Waals surface area (Å²) >= 11 is 0. The third-order valence-electron chi connectivity index (χ3n) is 2.73. The molecule has 0 spiro atoms. The molecule has 1 aromatic rings. The maximum absolute atomic E-state index is 11.7. The summed E-state index contributed by atoms with van der Waals surface area (Å²) in [5, 5.41) is 3.17. The van der Waals surface area contributed by atoms with E-state index in [1.807, 2.05) is 0 Å². The van der Waals surface area contributed by atoms with Crippen molar-refractivity contribution in [1.29, 1.82) is 0 Å². The highest BCUT2D eigenvalue weighted by Gasteiger charge is 2.11. The van der Waals surface area contributed by atoms with Crippen molar-refractivity contribution >= 4 is 23.3 Å². The number of hydrogen-bond donors (Lipinski definition) is 3. The van der Waals surface area contributed by atoms with Crippen LogP contribution in [0, 0.1) is 0 Å². The van der Waals surface area contributed by atoms with Crippen molar-refractivity contribution < 1.29 is 14.3 Å². The van der Waals surface area contributed by atoms with E-state index in [0.29, 0.717) is 30.8 Å². The van der Waals surface area contributed by atoms with Crippen LogP contribution < -0.4 is 16.8 Å². The van der Waals surface area contributed by atoms with Crippen molar-refractivity contribution in [2.75, 3.05) is 24.2 Å². The number of ether oxygens (including phenoxy) is 1. The number of anilines is 2. The number of nitrogens with one attached hydrogen (secondary N) is 1. The normalized spacial score (nSPS) is 10.1. The molecule has 6 heteroatoms. The summed E-state index contributed by atoms with van der Waals surface area (Å²) in [5.41, 5.74) is 12.3. The van der Waals surface area contributed by atoms with Gasteiger partial charge < -0.3 is 21.5 Å². The summed E-state index contributed by atoms with van der Waals surface area (Å²) in [4.78, 5) is 22.3. The van der Waals surface area contributed by atoms with E-state index in [1.54, 1.807) is 25.1 Å². The first-order chi connectivity index (χ1) is 9.54. The van der Waals surface area contributed by atoms with Crippen molar-refractivity contribution in [3.8, 4) is 0 Å². The van der Waals surface area contributed by atoms with Crippen LogP contribution in [0.5, 0.6) is 0 Å². The first-order valence-electron chi connectivity index (χ1n) is 6.63. The van der Waals surface area contributed by atoms with E-state index < -0.39 is 5.97 Å². The van der Waals surface area contributed by atoms with Gasteiger partial charge in [0.05, 0.1) is 12.2 Å². The van der Waals surface area contributed by atoms with Crippen LogP contribution >= 0.6 is 0 Å². The van der Waals surface area contributed by atoms with E-state index in [4.69, 9.17) is 16.2 Å². The van der Waals surface area contributed by atoms with E-state index in [2.05, 4.69) is 5.32 Å². The minimum atomic E-state index is -0.428. The van der Waals surface area contributed by atoms with Crippen molar-refractivity contribution in [2.45, 2.75) is 26.2 Å². The highest BCUT2D eigenvalue weighted by Crippen LogP contribution is 2.19. The van der Waals surface area contributed by atoms with Crippen LogP contribution in [0.4, 0.5) is 11.4 Å². The van der Waals surface area contributed by atoms with Crippen LogP contribution in [-0.2, 0) is 9.53 Å². The Morgan fingerprint density at radius 2 is 2.05 bits per heavy atom. The zero-order chi connectivity index (χ0) is 15.0. The number of nitrogens with two attached hydrogens (primary N) is 2. The average Bonchev–Trinajstić information content (AvgIpc) is 2.40. The highest BCUT2D eigenvalue weighted by atomic mass is 16.5. The number of primary amides is 1. The lowest BCUT2D eigenvalue weighted by molar-refractivity contribution is -0.118. The van der Waals surface area contributed by atoms with Gasteiger partial charge in [-0.15, -0.1) is 0 Å². The molecule has 1 aromatic carbocycles. The van der Waals surface area contributed by atoms with Gasteiger partial charge in [-0.05, 0) is 38.0 Å². The molecule has 110 valence electrons. The predicted molar refractivity (Wildman–Crippen MR) is 78.3 cm³/mol. The van der Waals surface area contributed by atoms with Crippen molar-refractivity contribution in [3.63, 3.8) is 0 Å². The zero-order valence-electron chi connectivity index (χ0n) is 11.6. The molecule has 0 atom stereocenters. The summed E-state index contributed by atoms with van der Waals surface area (Å²) in [6, 6.07) is 5.13. The molecular formula is C14H21N3O3. The lowest BCUT2D eigenvalue weighted by atomic mass is 10.1. The fourth-order valence-corrected chi connectivity index (χ4v) is 1.71. The third kappa shape index (κ3) is 5.17. The number of esters is 1. The molecule has 1 amide bonds. The number of benzene rings is 1. The molecule has 20 heavy (non-hydrogen) atoms. The van der Waals surface area contributed by atoms with Crippen LogP contribution in [0.2, 0.25) is 0 Å². The summed E-state index contributed by atoms with van der Waals surface area (Å²) in [6.45, 7) is 2.75. The lowest BCUT2D eigenvalue weighted by Crippen LogP contribution is -2.11. The number of rotatable bonds is 8.